The molecule has 3 aromatic carbocycles. The van der Waals surface area contributed by atoms with E-state index in [4.69, 9.17) is 14.2 Å². The van der Waals surface area contributed by atoms with Crippen molar-refractivity contribution < 1.29 is 33.7 Å². The topological polar surface area (TPSA) is 114 Å². The number of ether oxygens (including phenoxy) is 3. The molecule has 2 amide bonds. The maximum Gasteiger partial charge on any atom is 0.407 e. The van der Waals surface area contributed by atoms with Crippen LogP contribution in [-0.2, 0) is 20.9 Å². The summed E-state index contributed by atoms with van der Waals surface area (Å²) < 4.78 is 16.3. The molecule has 1 aliphatic carbocycles. The Labute approximate surface area is 240 Å². The van der Waals surface area contributed by atoms with Crippen molar-refractivity contribution in [1.82, 2.24) is 10.2 Å². The van der Waals surface area contributed by atoms with Crippen LogP contribution in [0, 0.1) is 5.92 Å². The molecular weight excluding hydrogens is 524 g/mol. The molecule has 0 spiro atoms. The molecule has 1 unspecified atom stereocenters. The number of carbonyl (C=O) groups is 3. The number of methoxy groups -OCH3 is 2. The minimum atomic E-state index is -1.17. The number of amides is 2. The van der Waals surface area contributed by atoms with Gasteiger partial charge in [0.05, 0.1) is 20.8 Å². The summed E-state index contributed by atoms with van der Waals surface area (Å²) in [5.41, 5.74) is 4.99. The first-order valence-corrected chi connectivity index (χ1v) is 13.5. The van der Waals surface area contributed by atoms with Crippen molar-refractivity contribution in [3.63, 3.8) is 0 Å². The third kappa shape index (κ3) is 6.98. The van der Waals surface area contributed by atoms with Crippen molar-refractivity contribution in [2.24, 2.45) is 5.92 Å². The highest BCUT2D eigenvalue weighted by molar-refractivity contribution is 5.88. The minimum absolute atomic E-state index is 0.0285. The van der Waals surface area contributed by atoms with Crippen LogP contribution in [-0.4, -0.2) is 61.4 Å². The van der Waals surface area contributed by atoms with E-state index in [0.717, 1.165) is 22.3 Å². The SMILES string of the molecule is COc1ccc(CN(CC(=O)O)C(=O)C(CC(C)C)NC(=O)OCC2c3ccccc3-c3ccccc32)c(OC)c1. The summed E-state index contributed by atoms with van der Waals surface area (Å²) in [7, 11) is 3.02. The molecule has 9 heteroatoms. The van der Waals surface area contributed by atoms with E-state index < -0.39 is 30.6 Å². The number of alkyl carbamates (subject to hydrolysis) is 1. The predicted octanol–water partition coefficient (Wildman–Crippen LogP) is 5.07. The van der Waals surface area contributed by atoms with E-state index >= 15 is 0 Å². The average molecular weight is 561 g/mol. The van der Waals surface area contributed by atoms with E-state index in [0.29, 0.717) is 23.5 Å². The first-order valence-electron chi connectivity index (χ1n) is 13.5. The summed E-state index contributed by atoms with van der Waals surface area (Å²) >= 11 is 0. The number of carbonyl (C=O) groups excluding carboxylic acids is 2. The molecule has 0 radical (unpaired) electrons. The molecule has 2 N–H and O–H groups in total. The Kier molecular flexibility index (Phi) is 9.49. The Bertz CT molecular complexity index is 1360. The average Bonchev–Trinajstić information content (AvgIpc) is 3.28. The summed E-state index contributed by atoms with van der Waals surface area (Å²) in [6.45, 7) is 3.38. The quantitative estimate of drug-likeness (QED) is 0.318. The summed E-state index contributed by atoms with van der Waals surface area (Å²) in [6.07, 6.45) is -0.429. The molecule has 3 aromatic rings. The molecule has 0 heterocycles. The summed E-state index contributed by atoms with van der Waals surface area (Å²) in [5.74, 6) is -0.755. The summed E-state index contributed by atoms with van der Waals surface area (Å²) in [4.78, 5) is 39.6. The van der Waals surface area contributed by atoms with Gasteiger partial charge in [0.25, 0.3) is 0 Å². The van der Waals surface area contributed by atoms with E-state index in [2.05, 4.69) is 17.4 Å². The highest BCUT2D eigenvalue weighted by atomic mass is 16.5. The van der Waals surface area contributed by atoms with E-state index in [1.807, 2.05) is 50.2 Å². The van der Waals surface area contributed by atoms with Crippen LogP contribution < -0.4 is 14.8 Å². The van der Waals surface area contributed by atoms with Crippen LogP contribution in [0.25, 0.3) is 11.1 Å². The highest BCUT2D eigenvalue weighted by Crippen LogP contribution is 2.44. The zero-order chi connectivity index (χ0) is 29.5. The predicted molar refractivity (Wildman–Crippen MR) is 154 cm³/mol. The zero-order valence-corrected chi connectivity index (χ0v) is 23.8. The Hall–Kier alpha value is -4.53. The van der Waals surface area contributed by atoms with Gasteiger partial charge in [-0.25, -0.2) is 4.79 Å². The second kappa shape index (κ2) is 13.2. The molecule has 9 nitrogen and oxygen atoms in total. The number of hydrogen-bond donors (Lipinski definition) is 2. The number of benzene rings is 3. The normalized spacial score (nSPS) is 12.7. The van der Waals surface area contributed by atoms with Crippen molar-refractivity contribution in [2.45, 2.75) is 38.8 Å². The van der Waals surface area contributed by atoms with Crippen LogP contribution in [0.3, 0.4) is 0 Å². The lowest BCUT2D eigenvalue weighted by Crippen LogP contribution is -2.50. The number of nitrogens with zero attached hydrogens (tertiary/aromatic N) is 1. The van der Waals surface area contributed by atoms with E-state index in [-0.39, 0.29) is 25.0 Å². The lowest BCUT2D eigenvalue weighted by molar-refractivity contribution is -0.146. The fourth-order valence-corrected chi connectivity index (χ4v) is 5.26. The van der Waals surface area contributed by atoms with Gasteiger partial charge in [-0.05, 0) is 46.7 Å². The standard InChI is InChI=1S/C32H36N2O7/c1-20(2)15-28(31(37)34(18-30(35)36)17-21-13-14-22(39-3)16-29(21)40-4)33-32(38)41-19-27-25-11-7-5-9-23(25)24-10-6-8-12-26(24)27/h5-14,16,20,27-28H,15,17-19H2,1-4H3,(H,33,38)(H,35,36). The van der Waals surface area contributed by atoms with E-state index in [1.165, 1.54) is 19.1 Å². The number of nitrogens with one attached hydrogen (secondary N) is 1. The minimum Gasteiger partial charge on any atom is -0.497 e. The molecule has 0 aromatic heterocycles. The Morgan fingerprint density at radius 2 is 1.56 bits per heavy atom. The maximum absolute atomic E-state index is 13.7. The van der Waals surface area contributed by atoms with Crippen molar-refractivity contribution in [3.8, 4) is 22.6 Å². The lowest BCUT2D eigenvalue weighted by Gasteiger charge is -2.28. The molecule has 0 bridgehead atoms. The zero-order valence-electron chi connectivity index (χ0n) is 23.8. The van der Waals surface area contributed by atoms with Gasteiger partial charge in [0, 0.05) is 17.5 Å². The van der Waals surface area contributed by atoms with Gasteiger partial charge in [0.15, 0.2) is 0 Å². The van der Waals surface area contributed by atoms with Gasteiger partial charge in [0.1, 0.15) is 30.7 Å². The number of fused-ring (bicyclic) bond motifs is 3. The first-order chi connectivity index (χ1) is 19.7. The number of carboxylic acids is 1. The van der Waals surface area contributed by atoms with Crippen molar-refractivity contribution in [1.29, 1.82) is 0 Å². The fourth-order valence-electron chi connectivity index (χ4n) is 5.26. The van der Waals surface area contributed by atoms with Gasteiger partial charge in [-0.15, -0.1) is 0 Å². The van der Waals surface area contributed by atoms with Gasteiger partial charge < -0.3 is 29.5 Å². The Morgan fingerprint density at radius 1 is 0.927 bits per heavy atom. The van der Waals surface area contributed by atoms with E-state index in [1.54, 1.807) is 18.2 Å². The monoisotopic (exact) mass is 560 g/mol. The first kappa shape index (κ1) is 29.5. The number of hydrogen-bond acceptors (Lipinski definition) is 6. The molecule has 0 aliphatic heterocycles. The maximum atomic E-state index is 13.7. The van der Waals surface area contributed by atoms with Gasteiger partial charge in [0.2, 0.25) is 5.91 Å². The van der Waals surface area contributed by atoms with Crippen LogP contribution in [0.2, 0.25) is 0 Å². The third-order valence-corrected chi connectivity index (χ3v) is 7.13. The highest BCUT2D eigenvalue weighted by Gasteiger charge is 2.32. The van der Waals surface area contributed by atoms with Crippen molar-refractivity contribution >= 4 is 18.0 Å². The van der Waals surface area contributed by atoms with Crippen molar-refractivity contribution in [3.05, 3.63) is 83.4 Å². The molecule has 0 fully saturated rings. The summed E-state index contributed by atoms with van der Waals surface area (Å²) in [5, 5.41) is 12.3. The van der Waals surface area contributed by atoms with E-state index in [9.17, 15) is 19.5 Å². The molecule has 41 heavy (non-hydrogen) atoms. The molecule has 0 saturated heterocycles. The lowest BCUT2D eigenvalue weighted by atomic mass is 9.98. The van der Waals surface area contributed by atoms with Crippen LogP contribution in [0.5, 0.6) is 11.5 Å². The Morgan fingerprint density at radius 3 is 2.12 bits per heavy atom. The van der Waals surface area contributed by atoms with Gasteiger partial charge in [-0.2, -0.15) is 0 Å². The molecule has 0 saturated carbocycles. The Balaban J connectivity index is 1.49. The smallest absolute Gasteiger partial charge is 0.407 e. The molecule has 1 aliphatic rings. The molecule has 216 valence electrons. The second-order valence-corrected chi connectivity index (χ2v) is 10.4. The van der Waals surface area contributed by atoms with Crippen LogP contribution in [0.4, 0.5) is 4.79 Å². The second-order valence-electron chi connectivity index (χ2n) is 10.4. The number of aliphatic carboxylic acids is 1. The molecular formula is C32H36N2O7. The van der Waals surface area contributed by atoms with Gasteiger partial charge in [-0.3, -0.25) is 9.59 Å². The van der Waals surface area contributed by atoms with Gasteiger partial charge in [-0.1, -0.05) is 62.4 Å². The van der Waals surface area contributed by atoms with Crippen molar-refractivity contribution in [2.75, 3.05) is 27.4 Å². The van der Waals surface area contributed by atoms with Crippen LogP contribution in [0.1, 0.15) is 42.9 Å². The molecule has 1 atom stereocenters. The van der Waals surface area contributed by atoms with Gasteiger partial charge >= 0.3 is 12.1 Å². The number of carboxylic acid groups (broad SMARTS) is 1. The van der Waals surface area contributed by atoms with Crippen LogP contribution in [0.15, 0.2) is 66.7 Å². The summed E-state index contributed by atoms with van der Waals surface area (Å²) in [6, 6.07) is 20.2. The number of rotatable bonds is 12. The largest absolute Gasteiger partial charge is 0.497 e. The van der Waals surface area contributed by atoms with Crippen LogP contribution >= 0.6 is 0 Å². The molecule has 4 rings (SSSR count). The third-order valence-electron chi connectivity index (χ3n) is 7.13. The fraction of sp³-hybridized carbons (Fsp3) is 0.344.